The zero-order valence-corrected chi connectivity index (χ0v) is 13.1. The SMILES string of the molecule is Cc1ccc(Nc2ncnc(NCc3ccc(F)cc3)c2N)nc1. The highest BCUT2D eigenvalue weighted by Crippen LogP contribution is 2.25. The van der Waals surface area contributed by atoms with Crippen LogP contribution in [0.4, 0.5) is 27.5 Å². The van der Waals surface area contributed by atoms with E-state index in [0.29, 0.717) is 29.7 Å². The van der Waals surface area contributed by atoms with Gasteiger partial charge in [0.05, 0.1) is 0 Å². The molecule has 2 heterocycles. The minimum atomic E-state index is -0.266. The summed E-state index contributed by atoms with van der Waals surface area (Å²) in [5.41, 5.74) is 8.49. The van der Waals surface area contributed by atoms with Crippen LogP contribution in [0.15, 0.2) is 48.9 Å². The number of nitrogens with two attached hydrogens (primary N) is 1. The number of anilines is 4. The molecule has 0 aliphatic rings. The van der Waals surface area contributed by atoms with E-state index in [-0.39, 0.29) is 5.82 Å². The Bertz CT molecular complexity index is 817. The molecule has 0 aliphatic carbocycles. The van der Waals surface area contributed by atoms with Gasteiger partial charge in [-0.15, -0.1) is 0 Å². The van der Waals surface area contributed by atoms with Gasteiger partial charge in [0.15, 0.2) is 11.6 Å². The van der Waals surface area contributed by atoms with Crippen LogP contribution in [0.5, 0.6) is 0 Å². The smallest absolute Gasteiger partial charge is 0.160 e. The van der Waals surface area contributed by atoms with E-state index in [0.717, 1.165) is 11.1 Å². The van der Waals surface area contributed by atoms with Gasteiger partial charge in [0, 0.05) is 12.7 Å². The van der Waals surface area contributed by atoms with Crippen molar-refractivity contribution in [1.29, 1.82) is 0 Å². The van der Waals surface area contributed by atoms with E-state index >= 15 is 0 Å². The van der Waals surface area contributed by atoms with Crippen molar-refractivity contribution in [1.82, 2.24) is 15.0 Å². The molecule has 3 rings (SSSR count). The number of aromatic nitrogens is 3. The van der Waals surface area contributed by atoms with E-state index in [9.17, 15) is 4.39 Å². The van der Waals surface area contributed by atoms with E-state index in [1.165, 1.54) is 18.5 Å². The quantitative estimate of drug-likeness (QED) is 0.667. The lowest BCUT2D eigenvalue weighted by atomic mass is 10.2. The molecular formula is C17H17FN6. The van der Waals surface area contributed by atoms with Crippen LogP contribution >= 0.6 is 0 Å². The number of halogens is 1. The Morgan fingerprint density at radius 2 is 1.75 bits per heavy atom. The summed E-state index contributed by atoms with van der Waals surface area (Å²) in [6.07, 6.45) is 3.17. The molecule has 0 unspecified atom stereocenters. The van der Waals surface area contributed by atoms with Crippen LogP contribution in [0, 0.1) is 12.7 Å². The molecule has 24 heavy (non-hydrogen) atoms. The largest absolute Gasteiger partial charge is 0.393 e. The van der Waals surface area contributed by atoms with E-state index in [1.807, 2.05) is 19.1 Å². The van der Waals surface area contributed by atoms with Crippen molar-refractivity contribution >= 4 is 23.1 Å². The van der Waals surface area contributed by atoms with Crippen molar-refractivity contribution < 1.29 is 4.39 Å². The number of nitrogens with zero attached hydrogens (tertiary/aromatic N) is 3. The summed E-state index contributed by atoms with van der Waals surface area (Å²) in [4.78, 5) is 12.6. The lowest BCUT2D eigenvalue weighted by molar-refractivity contribution is 0.627. The normalized spacial score (nSPS) is 10.4. The Hall–Kier alpha value is -3.22. The molecule has 122 valence electrons. The predicted molar refractivity (Wildman–Crippen MR) is 92.4 cm³/mol. The lowest BCUT2D eigenvalue weighted by Gasteiger charge is -2.12. The number of rotatable bonds is 5. The Balaban J connectivity index is 1.72. The first-order valence-electron chi connectivity index (χ1n) is 7.40. The summed E-state index contributed by atoms with van der Waals surface area (Å²) in [5, 5.41) is 6.19. The summed E-state index contributed by atoms with van der Waals surface area (Å²) >= 11 is 0. The molecule has 6 nitrogen and oxygen atoms in total. The van der Waals surface area contributed by atoms with Crippen LogP contribution in [0.25, 0.3) is 0 Å². The van der Waals surface area contributed by atoms with Crippen molar-refractivity contribution in [3.05, 3.63) is 65.9 Å². The molecule has 0 bridgehead atoms. The Labute approximate surface area is 139 Å². The number of hydrogen-bond donors (Lipinski definition) is 3. The third-order valence-corrected chi connectivity index (χ3v) is 3.41. The fourth-order valence-corrected chi connectivity index (χ4v) is 2.09. The monoisotopic (exact) mass is 324 g/mol. The van der Waals surface area contributed by atoms with E-state index in [4.69, 9.17) is 5.73 Å². The summed E-state index contributed by atoms with van der Waals surface area (Å²) in [6, 6.07) is 10.0. The molecule has 3 aromatic rings. The molecule has 0 spiro atoms. The molecule has 0 atom stereocenters. The van der Waals surface area contributed by atoms with Gasteiger partial charge in [-0.1, -0.05) is 18.2 Å². The molecule has 0 saturated carbocycles. The van der Waals surface area contributed by atoms with Crippen LogP contribution in [-0.2, 0) is 6.54 Å². The highest BCUT2D eigenvalue weighted by atomic mass is 19.1. The first kappa shape index (κ1) is 15.7. The highest BCUT2D eigenvalue weighted by molar-refractivity contribution is 5.76. The van der Waals surface area contributed by atoms with Crippen LogP contribution in [0.2, 0.25) is 0 Å². The molecule has 0 saturated heterocycles. The number of hydrogen-bond acceptors (Lipinski definition) is 6. The Morgan fingerprint density at radius 3 is 2.46 bits per heavy atom. The summed E-state index contributed by atoms with van der Waals surface area (Å²) in [5.74, 6) is 1.36. The van der Waals surface area contributed by atoms with Gasteiger partial charge >= 0.3 is 0 Å². The lowest BCUT2D eigenvalue weighted by Crippen LogP contribution is -2.08. The molecule has 2 aromatic heterocycles. The second-order valence-electron chi connectivity index (χ2n) is 5.31. The number of benzene rings is 1. The maximum Gasteiger partial charge on any atom is 0.160 e. The van der Waals surface area contributed by atoms with Gasteiger partial charge < -0.3 is 16.4 Å². The number of pyridine rings is 1. The van der Waals surface area contributed by atoms with Gasteiger partial charge in [0.2, 0.25) is 0 Å². The van der Waals surface area contributed by atoms with Crippen LogP contribution in [-0.4, -0.2) is 15.0 Å². The van der Waals surface area contributed by atoms with E-state index < -0.39 is 0 Å². The molecule has 4 N–H and O–H groups in total. The number of aryl methyl sites for hydroxylation is 1. The minimum Gasteiger partial charge on any atom is -0.393 e. The fourth-order valence-electron chi connectivity index (χ4n) is 2.09. The summed E-state index contributed by atoms with van der Waals surface area (Å²) in [7, 11) is 0. The van der Waals surface area contributed by atoms with Crippen molar-refractivity contribution in [3.8, 4) is 0 Å². The molecular weight excluding hydrogens is 307 g/mol. The van der Waals surface area contributed by atoms with Gasteiger partial charge in [0.25, 0.3) is 0 Å². The number of nitrogen functional groups attached to an aromatic ring is 1. The van der Waals surface area contributed by atoms with Crippen molar-refractivity contribution in [3.63, 3.8) is 0 Å². The van der Waals surface area contributed by atoms with E-state index in [2.05, 4.69) is 25.6 Å². The zero-order valence-electron chi connectivity index (χ0n) is 13.1. The number of nitrogens with one attached hydrogen (secondary N) is 2. The van der Waals surface area contributed by atoms with Crippen molar-refractivity contribution in [2.75, 3.05) is 16.4 Å². The van der Waals surface area contributed by atoms with Crippen LogP contribution in [0.3, 0.4) is 0 Å². The zero-order chi connectivity index (χ0) is 16.9. The Kier molecular flexibility index (Phi) is 4.51. The fraction of sp³-hybridized carbons (Fsp3) is 0.118. The summed E-state index contributed by atoms with van der Waals surface area (Å²) in [6.45, 7) is 2.44. The predicted octanol–water partition coefficient (Wildman–Crippen LogP) is 3.26. The maximum absolute atomic E-state index is 12.9. The van der Waals surface area contributed by atoms with E-state index in [1.54, 1.807) is 18.3 Å². The first-order chi connectivity index (χ1) is 11.6. The van der Waals surface area contributed by atoms with Gasteiger partial charge in [0.1, 0.15) is 23.6 Å². The molecule has 7 heteroatoms. The Morgan fingerprint density at radius 1 is 1.00 bits per heavy atom. The molecule has 0 fully saturated rings. The van der Waals surface area contributed by atoms with Gasteiger partial charge in [-0.2, -0.15) is 0 Å². The topological polar surface area (TPSA) is 88.8 Å². The van der Waals surface area contributed by atoms with Crippen molar-refractivity contribution in [2.24, 2.45) is 0 Å². The van der Waals surface area contributed by atoms with Gasteiger partial charge in [-0.3, -0.25) is 0 Å². The highest BCUT2D eigenvalue weighted by Gasteiger charge is 2.08. The standard InChI is InChI=1S/C17H17FN6/c1-11-2-7-14(20-8-11)24-17-15(19)16(22-10-23-17)21-9-12-3-5-13(18)6-4-12/h2-8,10H,9,19H2,1H3,(H2,20,21,22,23,24). The van der Waals surface area contributed by atoms with Gasteiger partial charge in [-0.25, -0.2) is 19.3 Å². The average Bonchev–Trinajstić information content (AvgIpc) is 2.59. The van der Waals surface area contributed by atoms with Crippen molar-refractivity contribution in [2.45, 2.75) is 13.5 Å². The molecule has 0 amide bonds. The average molecular weight is 324 g/mol. The second kappa shape index (κ2) is 6.91. The maximum atomic E-state index is 12.9. The second-order valence-corrected chi connectivity index (χ2v) is 5.31. The van der Waals surface area contributed by atoms with Crippen LogP contribution < -0.4 is 16.4 Å². The molecule has 0 radical (unpaired) electrons. The third kappa shape index (κ3) is 3.75. The molecule has 0 aliphatic heterocycles. The summed E-state index contributed by atoms with van der Waals surface area (Å²) < 4.78 is 12.9. The minimum absolute atomic E-state index is 0.266. The molecule has 1 aromatic carbocycles. The van der Waals surface area contributed by atoms with Gasteiger partial charge in [-0.05, 0) is 36.2 Å². The third-order valence-electron chi connectivity index (χ3n) is 3.41. The first-order valence-corrected chi connectivity index (χ1v) is 7.40. The van der Waals surface area contributed by atoms with Crippen LogP contribution in [0.1, 0.15) is 11.1 Å².